The molecule has 1 saturated heterocycles. The maximum absolute atomic E-state index is 11.6. The largest absolute Gasteiger partial charge is 0.497 e. The van der Waals surface area contributed by atoms with Gasteiger partial charge in [0.05, 0.1) is 19.4 Å². The molecular formula is C13H21IN4O3S. The number of nitrogens with zero attached hydrogens (tertiary/aromatic N) is 2. The number of nitrogens with two attached hydrogens (primary N) is 1. The molecule has 0 bridgehead atoms. The number of methoxy groups -OCH3 is 1. The first-order valence-corrected chi connectivity index (χ1v) is 8.31. The minimum Gasteiger partial charge on any atom is -0.497 e. The number of sulfonamides is 1. The Morgan fingerprint density at radius 3 is 2.91 bits per heavy atom. The second kappa shape index (κ2) is 8.53. The molecule has 0 saturated carbocycles. The highest BCUT2D eigenvalue weighted by molar-refractivity contribution is 14.0. The van der Waals surface area contributed by atoms with Gasteiger partial charge in [-0.3, -0.25) is 4.99 Å². The van der Waals surface area contributed by atoms with Crippen LogP contribution in [0, 0.1) is 0 Å². The number of benzene rings is 1. The molecule has 0 radical (unpaired) electrons. The molecule has 1 heterocycles. The highest BCUT2D eigenvalue weighted by Gasteiger charge is 2.27. The Labute approximate surface area is 148 Å². The molecule has 0 atom stereocenters. The number of nitrogens with one attached hydrogen (secondary N) is 1. The first kappa shape index (κ1) is 19.0. The molecular weight excluding hydrogens is 419 g/mol. The van der Waals surface area contributed by atoms with E-state index in [1.54, 1.807) is 13.2 Å². The van der Waals surface area contributed by atoms with Crippen LogP contribution in [-0.4, -0.2) is 51.2 Å². The minimum absolute atomic E-state index is 0. The Morgan fingerprint density at radius 2 is 2.27 bits per heavy atom. The van der Waals surface area contributed by atoms with E-state index in [4.69, 9.17) is 10.5 Å². The van der Waals surface area contributed by atoms with Crippen LogP contribution in [0.2, 0.25) is 0 Å². The molecule has 1 aromatic carbocycles. The summed E-state index contributed by atoms with van der Waals surface area (Å²) < 4.78 is 29.8. The Kier molecular flexibility index (Phi) is 7.36. The van der Waals surface area contributed by atoms with E-state index in [2.05, 4.69) is 10.3 Å². The van der Waals surface area contributed by atoms with Gasteiger partial charge < -0.3 is 15.8 Å². The highest BCUT2D eigenvalue weighted by atomic mass is 127. The summed E-state index contributed by atoms with van der Waals surface area (Å²) in [5, 5.41) is 2.94. The summed E-state index contributed by atoms with van der Waals surface area (Å²) in [4.78, 5) is 4.14. The molecule has 0 aliphatic carbocycles. The van der Waals surface area contributed by atoms with Crippen molar-refractivity contribution in [3.63, 3.8) is 0 Å². The molecule has 9 heteroatoms. The van der Waals surface area contributed by atoms with Crippen molar-refractivity contribution in [3.8, 4) is 5.75 Å². The van der Waals surface area contributed by atoms with E-state index in [1.807, 2.05) is 18.2 Å². The third kappa shape index (κ3) is 5.29. The zero-order valence-corrected chi connectivity index (χ0v) is 15.5. The van der Waals surface area contributed by atoms with Gasteiger partial charge in [0, 0.05) is 24.8 Å². The SMILES string of the molecule is COc1cccc(NC(N)=NCCN2CCCS2(=O)=O)c1.I. The molecule has 2 rings (SSSR count). The van der Waals surface area contributed by atoms with Gasteiger partial charge in [0.2, 0.25) is 10.0 Å². The van der Waals surface area contributed by atoms with Crippen LogP contribution in [0.15, 0.2) is 29.3 Å². The van der Waals surface area contributed by atoms with E-state index in [1.165, 1.54) is 4.31 Å². The van der Waals surface area contributed by atoms with Crippen molar-refractivity contribution in [3.05, 3.63) is 24.3 Å². The number of hydrogen-bond donors (Lipinski definition) is 2. The van der Waals surface area contributed by atoms with Crippen molar-refractivity contribution >= 4 is 45.6 Å². The Morgan fingerprint density at radius 1 is 1.50 bits per heavy atom. The van der Waals surface area contributed by atoms with Gasteiger partial charge in [-0.25, -0.2) is 12.7 Å². The average molecular weight is 440 g/mol. The number of guanidine groups is 1. The van der Waals surface area contributed by atoms with Gasteiger partial charge in [0.1, 0.15) is 5.75 Å². The Bertz CT molecular complexity index is 621. The third-order valence-electron chi connectivity index (χ3n) is 3.18. The molecule has 7 nitrogen and oxygen atoms in total. The predicted octanol–water partition coefficient (Wildman–Crippen LogP) is 1.08. The lowest BCUT2D eigenvalue weighted by atomic mass is 10.3. The fourth-order valence-electron chi connectivity index (χ4n) is 2.11. The summed E-state index contributed by atoms with van der Waals surface area (Å²) in [5.74, 6) is 1.20. The maximum atomic E-state index is 11.6. The van der Waals surface area contributed by atoms with Gasteiger partial charge in [-0.15, -0.1) is 24.0 Å². The standard InChI is InChI=1S/C13H20N4O3S.HI/c1-20-12-5-2-4-11(10-12)16-13(14)15-6-8-17-7-3-9-21(17,18)19;/h2,4-5,10H,3,6-9H2,1H3,(H3,14,15,16);1H. The van der Waals surface area contributed by atoms with E-state index in [0.29, 0.717) is 26.1 Å². The highest BCUT2D eigenvalue weighted by Crippen LogP contribution is 2.16. The van der Waals surface area contributed by atoms with E-state index in [0.717, 1.165) is 11.4 Å². The van der Waals surface area contributed by atoms with Crippen LogP contribution in [-0.2, 0) is 10.0 Å². The van der Waals surface area contributed by atoms with E-state index in [9.17, 15) is 8.42 Å². The number of hydrogen-bond acceptors (Lipinski definition) is 4. The zero-order chi connectivity index (χ0) is 15.3. The van der Waals surface area contributed by atoms with Gasteiger partial charge in [-0.1, -0.05) is 6.07 Å². The van der Waals surface area contributed by atoms with Crippen LogP contribution in [0.25, 0.3) is 0 Å². The van der Waals surface area contributed by atoms with Gasteiger partial charge in [0.25, 0.3) is 0 Å². The molecule has 124 valence electrons. The number of ether oxygens (including phenoxy) is 1. The topological polar surface area (TPSA) is 97.0 Å². The summed E-state index contributed by atoms with van der Waals surface area (Å²) in [6.45, 7) is 1.27. The van der Waals surface area contributed by atoms with Crippen molar-refractivity contribution in [2.45, 2.75) is 6.42 Å². The van der Waals surface area contributed by atoms with Crippen molar-refractivity contribution in [1.82, 2.24) is 4.31 Å². The van der Waals surface area contributed by atoms with E-state index >= 15 is 0 Å². The Hall–Kier alpha value is -1.07. The molecule has 1 aromatic rings. The van der Waals surface area contributed by atoms with Crippen LogP contribution >= 0.6 is 24.0 Å². The molecule has 0 unspecified atom stereocenters. The average Bonchev–Trinajstić information content (AvgIpc) is 2.78. The molecule has 0 aromatic heterocycles. The molecule has 1 aliphatic rings. The molecule has 1 aliphatic heterocycles. The van der Waals surface area contributed by atoms with Crippen molar-refractivity contribution < 1.29 is 13.2 Å². The summed E-state index contributed by atoms with van der Waals surface area (Å²) in [6.07, 6.45) is 0.684. The molecule has 0 amide bonds. The number of anilines is 1. The molecule has 0 spiro atoms. The van der Waals surface area contributed by atoms with Gasteiger partial charge in [0.15, 0.2) is 5.96 Å². The summed E-state index contributed by atoms with van der Waals surface area (Å²) >= 11 is 0. The van der Waals surface area contributed by atoms with Crippen molar-refractivity contribution in [2.75, 3.05) is 37.8 Å². The fourth-order valence-corrected chi connectivity index (χ4v) is 3.63. The number of aliphatic imine (C=N–C) groups is 1. The second-order valence-corrected chi connectivity index (χ2v) is 6.78. The van der Waals surface area contributed by atoms with Gasteiger partial charge in [-0.05, 0) is 18.6 Å². The number of halogens is 1. The molecule has 3 N–H and O–H groups in total. The van der Waals surface area contributed by atoms with Gasteiger partial charge in [-0.2, -0.15) is 0 Å². The quantitative estimate of drug-likeness (QED) is 0.406. The van der Waals surface area contributed by atoms with E-state index < -0.39 is 10.0 Å². The third-order valence-corrected chi connectivity index (χ3v) is 5.13. The lowest BCUT2D eigenvalue weighted by Crippen LogP contribution is -2.30. The van der Waals surface area contributed by atoms with Crippen molar-refractivity contribution in [2.24, 2.45) is 10.7 Å². The minimum atomic E-state index is -3.07. The summed E-state index contributed by atoms with van der Waals surface area (Å²) in [7, 11) is -1.48. The zero-order valence-electron chi connectivity index (χ0n) is 12.4. The smallest absolute Gasteiger partial charge is 0.214 e. The normalized spacial score (nSPS) is 17.8. The van der Waals surface area contributed by atoms with Crippen LogP contribution in [0.1, 0.15) is 6.42 Å². The first-order chi connectivity index (χ1) is 10.0. The Balaban J connectivity index is 0.00000242. The fraction of sp³-hybridized carbons (Fsp3) is 0.462. The van der Waals surface area contributed by atoms with Crippen molar-refractivity contribution in [1.29, 1.82) is 0 Å². The second-order valence-electron chi connectivity index (χ2n) is 4.69. The van der Waals surface area contributed by atoms with Crippen LogP contribution in [0.3, 0.4) is 0 Å². The van der Waals surface area contributed by atoms with Gasteiger partial charge >= 0.3 is 0 Å². The van der Waals surface area contributed by atoms with Crippen LogP contribution in [0.5, 0.6) is 5.75 Å². The summed E-state index contributed by atoms with van der Waals surface area (Å²) in [6, 6.07) is 7.31. The maximum Gasteiger partial charge on any atom is 0.214 e. The molecule has 1 fully saturated rings. The summed E-state index contributed by atoms with van der Waals surface area (Å²) in [5.41, 5.74) is 6.55. The van der Waals surface area contributed by atoms with Crippen LogP contribution < -0.4 is 15.8 Å². The lowest BCUT2D eigenvalue weighted by molar-refractivity contribution is 0.415. The van der Waals surface area contributed by atoms with Crippen LogP contribution in [0.4, 0.5) is 5.69 Å². The lowest BCUT2D eigenvalue weighted by Gasteiger charge is -2.12. The number of rotatable bonds is 5. The predicted molar refractivity (Wildman–Crippen MR) is 98.5 cm³/mol. The first-order valence-electron chi connectivity index (χ1n) is 6.70. The molecule has 22 heavy (non-hydrogen) atoms. The van der Waals surface area contributed by atoms with E-state index in [-0.39, 0.29) is 35.7 Å². The monoisotopic (exact) mass is 440 g/mol.